The van der Waals surface area contributed by atoms with Gasteiger partial charge in [-0.05, 0) is 32.6 Å². The number of hydrogen-bond donors (Lipinski definition) is 1. The van der Waals surface area contributed by atoms with Gasteiger partial charge < -0.3 is 0 Å². The Morgan fingerprint density at radius 3 is 2.65 bits per heavy atom. The Morgan fingerprint density at radius 2 is 1.96 bits per heavy atom. The first-order chi connectivity index (χ1) is 12.4. The molecule has 1 N–H and O–H groups in total. The fourth-order valence-electron chi connectivity index (χ4n) is 4.08. The van der Waals surface area contributed by atoms with Gasteiger partial charge in [-0.15, -0.1) is 0 Å². The summed E-state index contributed by atoms with van der Waals surface area (Å²) in [6, 6.07) is 1.88. The SMILES string of the molecule is CCc1c(C)nc2cc(C3CCN(S(=O)(=O)N4CCCC4)C3)[nH]n2c1=O. The highest BCUT2D eigenvalue weighted by atomic mass is 32.2. The number of nitrogens with zero attached hydrogens (tertiary/aromatic N) is 4. The summed E-state index contributed by atoms with van der Waals surface area (Å²) in [4.78, 5) is 17.1. The van der Waals surface area contributed by atoms with Crippen LogP contribution in [0.15, 0.2) is 10.9 Å². The average molecular weight is 379 g/mol. The van der Waals surface area contributed by atoms with Crippen molar-refractivity contribution in [1.29, 1.82) is 0 Å². The van der Waals surface area contributed by atoms with Crippen LogP contribution in [0.1, 0.15) is 49.1 Å². The zero-order valence-electron chi connectivity index (χ0n) is 15.2. The molecule has 0 saturated carbocycles. The van der Waals surface area contributed by atoms with E-state index in [2.05, 4.69) is 10.1 Å². The fraction of sp³-hybridized carbons (Fsp3) is 0.647. The van der Waals surface area contributed by atoms with E-state index in [0.29, 0.717) is 43.8 Å². The molecular formula is C17H25N5O3S. The molecule has 26 heavy (non-hydrogen) atoms. The van der Waals surface area contributed by atoms with E-state index in [-0.39, 0.29) is 11.5 Å². The van der Waals surface area contributed by atoms with Gasteiger partial charge in [-0.2, -0.15) is 17.0 Å². The molecule has 2 aromatic heterocycles. The van der Waals surface area contributed by atoms with Crippen LogP contribution in [-0.4, -0.2) is 57.8 Å². The second kappa shape index (κ2) is 6.47. The standard InChI is InChI=1S/C17H25N5O3S/c1-3-14-12(2)18-16-10-15(19-22(16)17(14)23)13-6-9-21(11-13)26(24,25)20-7-4-5-8-20/h10,13,19H,3-9,11H2,1-2H3. The van der Waals surface area contributed by atoms with E-state index in [9.17, 15) is 13.2 Å². The molecule has 4 rings (SSSR count). The predicted molar refractivity (Wildman–Crippen MR) is 98.6 cm³/mol. The summed E-state index contributed by atoms with van der Waals surface area (Å²) in [7, 11) is -3.37. The third-order valence-electron chi connectivity index (χ3n) is 5.60. The quantitative estimate of drug-likeness (QED) is 0.859. The van der Waals surface area contributed by atoms with Crippen LogP contribution in [-0.2, 0) is 16.6 Å². The van der Waals surface area contributed by atoms with Crippen molar-refractivity contribution in [3.8, 4) is 0 Å². The molecule has 2 aromatic rings. The Morgan fingerprint density at radius 1 is 1.23 bits per heavy atom. The van der Waals surface area contributed by atoms with Crippen molar-refractivity contribution in [2.75, 3.05) is 26.2 Å². The largest absolute Gasteiger partial charge is 0.293 e. The number of aromatic nitrogens is 3. The van der Waals surface area contributed by atoms with E-state index in [1.807, 2.05) is 19.9 Å². The molecule has 0 aliphatic carbocycles. The highest BCUT2D eigenvalue weighted by Gasteiger charge is 2.37. The molecule has 1 unspecified atom stereocenters. The molecule has 0 spiro atoms. The molecule has 0 amide bonds. The Labute approximate surface area is 153 Å². The van der Waals surface area contributed by atoms with Gasteiger partial charge in [0.2, 0.25) is 0 Å². The van der Waals surface area contributed by atoms with Gasteiger partial charge in [0.25, 0.3) is 15.8 Å². The van der Waals surface area contributed by atoms with E-state index in [4.69, 9.17) is 0 Å². The third kappa shape index (κ3) is 2.78. The van der Waals surface area contributed by atoms with Crippen LogP contribution in [0, 0.1) is 6.92 Å². The molecule has 2 aliphatic heterocycles. The minimum atomic E-state index is -3.37. The van der Waals surface area contributed by atoms with Gasteiger partial charge in [0.05, 0.1) is 0 Å². The van der Waals surface area contributed by atoms with Gasteiger partial charge in [-0.3, -0.25) is 9.89 Å². The van der Waals surface area contributed by atoms with Crippen molar-refractivity contribution in [1.82, 2.24) is 23.2 Å². The Balaban J connectivity index is 1.61. The highest BCUT2D eigenvalue weighted by Crippen LogP contribution is 2.30. The molecule has 2 aliphatic rings. The highest BCUT2D eigenvalue weighted by molar-refractivity contribution is 7.86. The minimum absolute atomic E-state index is 0.0545. The molecular weight excluding hydrogens is 354 g/mol. The molecule has 8 nitrogen and oxygen atoms in total. The van der Waals surface area contributed by atoms with Crippen LogP contribution in [0.5, 0.6) is 0 Å². The Hall–Kier alpha value is -1.71. The molecule has 2 saturated heterocycles. The number of aromatic amines is 1. The second-order valence-corrected chi connectivity index (χ2v) is 9.13. The van der Waals surface area contributed by atoms with E-state index in [0.717, 1.165) is 30.7 Å². The lowest BCUT2D eigenvalue weighted by Crippen LogP contribution is -2.41. The van der Waals surface area contributed by atoms with Crippen molar-refractivity contribution in [2.24, 2.45) is 0 Å². The van der Waals surface area contributed by atoms with Gasteiger partial charge in [-0.25, -0.2) is 9.50 Å². The smallest absolute Gasteiger partial charge is 0.281 e. The fourth-order valence-corrected chi connectivity index (χ4v) is 5.83. The van der Waals surface area contributed by atoms with Crippen molar-refractivity contribution in [3.05, 3.63) is 33.4 Å². The number of rotatable bonds is 4. The Bertz CT molecular complexity index is 988. The van der Waals surface area contributed by atoms with Gasteiger partial charge in [0.1, 0.15) is 0 Å². The number of fused-ring (bicyclic) bond motifs is 1. The maximum absolute atomic E-state index is 12.7. The van der Waals surface area contributed by atoms with Crippen molar-refractivity contribution >= 4 is 15.9 Å². The summed E-state index contributed by atoms with van der Waals surface area (Å²) < 4.78 is 30.1. The summed E-state index contributed by atoms with van der Waals surface area (Å²) in [6.45, 7) is 6.00. The third-order valence-corrected chi connectivity index (χ3v) is 7.60. The van der Waals surface area contributed by atoms with Crippen LogP contribution in [0.25, 0.3) is 5.65 Å². The van der Waals surface area contributed by atoms with E-state index >= 15 is 0 Å². The first kappa shape index (κ1) is 17.7. The number of nitrogens with one attached hydrogen (secondary N) is 1. The zero-order chi connectivity index (χ0) is 18.5. The second-order valence-electron chi connectivity index (χ2n) is 7.20. The van der Waals surface area contributed by atoms with Gasteiger partial charge in [-0.1, -0.05) is 6.92 Å². The Kier molecular flexibility index (Phi) is 4.40. The van der Waals surface area contributed by atoms with Gasteiger partial charge in [0.15, 0.2) is 5.65 Å². The number of H-pyrrole nitrogens is 1. The maximum atomic E-state index is 12.7. The normalized spacial score (nSPS) is 22.6. The van der Waals surface area contributed by atoms with Crippen LogP contribution in [0.3, 0.4) is 0 Å². The topological polar surface area (TPSA) is 90.8 Å². The summed E-state index contributed by atoms with van der Waals surface area (Å²) in [5.41, 5.74) is 2.87. The molecule has 9 heteroatoms. The van der Waals surface area contributed by atoms with Gasteiger partial charge in [0, 0.05) is 55.1 Å². The van der Waals surface area contributed by atoms with E-state index < -0.39 is 10.2 Å². The summed E-state index contributed by atoms with van der Waals surface area (Å²) in [5, 5.41) is 3.16. The first-order valence-corrected chi connectivity index (χ1v) is 10.7. The predicted octanol–water partition coefficient (Wildman–Crippen LogP) is 1.02. The number of hydrogen-bond acceptors (Lipinski definition) is 4. The molecule has 1 atom stereocenters. The molecule has 2 fully saturated rings. The van der Waals surface area contributed by atoms with Crippen LogP contribution in [0.4, 0.5) is 0 Å². The molecule has 0 radical (unpaired) electrons. The molecule has 0 aromatic carbocycles. The summed E-state index contributed by atoms with van der Waals surface area (Å²) in [5.74, 6) is 0.0545. The summed E-state index contributed by atoms with van der Waals surface area (Å²) in [6.07, 6.45) is 3.26. The maximum Gasteiger partial charge on any atom is 0.281 e. The lowest BCUT2D eigenvalue weighted by Gasteiger charge is -2.23. The van der Waals surface area contributed by atoms with Crippen LogP contribution in [0.2, 0.25) is 0 Å². The van der Waals surface area contributed by atoms with E-state index in [1.54, 1.807) is 8.61 Å². The lowest BCUT2D eigenvalue weighted by molar-refractivity contribution is 0.395. The first-order valence-electron chi connectivity index (χ1n) is 9.28. The molecule has 142 valence electrons. The monoisotopic (exact) mass is 379 g/mol. The summed E-state index contributed by atoms with van der Waals surface area (Å²) >= 11 is 0. The molecule has 0 bridgehead atoms. The minimum Gasteiger partial charge on any atom is -0.293 e. The van der Waals surface area contributed by atoms with Gasteiger partial charge >= 0.3 is 0 Å². The zero-order valence-corrected chi connectivity index (χ0v) is 16.0. The van der Waals surface area contributed by atoms with Crippen LogP contribution < -0.4 is 5.56 Å². The average Bonchev–Trinajstić information content (AvgIpc) is 3.34. The van der Waals surface area contributed by atoms with Crippen LogP contribution >= 0.6 is 0 Å². The van der Waals surface area contributed by atoms with Crippen molar-refractivity contribution in [2.45, 2.75) is 45.4 Å². The van der Waals surface area contributed by atoms with Crippen molar-refractivity contribution in [3.63, 3.8) is 0 Å². The van der Waals surface area contributed by atoms with E-state index in [1.165, 1.54) is 4.52 Å². The lowest BCUT2D eigenvalue weighted by atomic mass is 10.1. The molecule has 4 heterocycles. The van der Waals surface area contributed by atoms with Crippen molar-refractivity contribution < 1.29 is 8.42 Å². The number of aryl methyl sites for hydroxylation is 1.